The van der Waals surface area contributed by atoms with Gasteiger partial charge in [-0.3, -0.25) is 9.29 Å². The summed E-state index contributed by atoms with van der Waals surface area (Å²) in [6.45, 7) is 2.55. The fourth-order valence-electron chi connectivity index (χ4n) is 3.63. The van der Waals surface area contributed by atoms with Gasteiger partial charge in [0.1, 0.15) is 29.1 Å². The zero-order valence-electron chi connectivity index (χ0n) is 18.9. The predicted molar refractivity (Wildman–Crippen MR) is 129 cm³/mol. The molecule has 0 bridgehead atoms. The molecule has 34 heavy (non-hydrogen) atoms. The summed E-state index contributed by atoms with van der Waals surface area (Å²) in [7, 11) is 3.15. The number of methoxy groups -OCH3 is 2. The van der Waals surface area contributed by atoms with Crippen LogP contribution in [0.5, 0.6) is 11.5 Å². The molecule has 1 aliphatic heterocycles. The van der Waals surface area contributed by atoms with Crippen LogP contribution in [0.1, 0.15) is 37.0 Å². The number of nitrogens with zero attached hydrogens (tertiary/aromatic N) is 5. The van der Waals surface area contributed by atoms with Gasteiger partial charge in [-0.25, -0.2) is 9.97 Å². The highest BCUT2D eigenvalue weighted by atomic mass is 35.5. The fraction of sp³-hybridized carbons (Fsp3) is 0.364. The van der Waals surface area contributed by atoms with Gasteiger partial charge in [0.25, 0.3) is 0 Å². The van der Waals surface area contributed by atoms with E-state index in [0.717, 1.165) is 6.42 Å². The van der Waals surface area contributed by atoms with Crippen LogP contribution < -0.4 is 9.46 Å². The lowest BCUT2D eigenvalue weighted by atomic mass is 10.0. The van der Waals surface area contributed by atoms with E-state index in [1.54, 1.807) is 43.2 Å². The van der Waals surface area contributed by atoms with Crippen LogP contribution in [0.25, 0.3) is 5.69 Å². The highest BCUT2D eigenvalue weighted by Gasteiger charge is 2.28. The molecule has 0 amide bonds. The van der Waals surface area contributed by atoms with Gasteiger partial charge in [0.2, 0.25) is 5.95 Å². The number of aromatic nitrogens is 5. The summed E-state index contributed by atoms with van der Waals surface area (Å²) in [4.78, 5) is 8.56. The van der Waals surface area contributed by atoms with E-state index in [9.17, 15) is 5.11 Å². The number of aromatic hydroxyl groups is 1. The number of ether oxygens (including phenoxy) is 3. The molecule has 0 radical (unpaired) electrons. The number of phenolic OH excluding ortho intramolecular Hbond substituents is 1. The molecule has 1 aliphatic rings. The summed E-state index contributed by atoms with van der Waals surface area (Å²) in [6, 6.07) is 5.09. The summed E-state index contributed by atoms with van der Waals surface area (Å²) in [6.07, 6.45) is 6.99. The molecule has 1 aromatic carbocycles. The number of halogens is 1. The zero-order chi connectivity index (χ0) is 24.1. The summed E-state index contributed by atoms with van der Waals surface area (Å²) < 4.78 is 21.6. The number of para-hydroxylation sites is 1. The van der Waals surface area contributed by atoms with E-state index in [4.69, 9.17) is 25.8 Å². The molecule has 3 unspecified atom stereocenters. The maximum Gasteiger partial charge on any atom is 0.239 e. The minimum Gasteiger partial charge on any atom is -0.506 e. The average Bonchev–Trinajstić information content (AvgIpc) is 3.28. The maximum atomic E-state index is 10.7. The Bertz CT molecular complexity index is 1140. The molecule has 3 heterocycles. The van der Waals surface area contributed by atoms with Crippen LogP contribution in [0, 0.1) is 0 Å². The van der Waals surface area contributed by atoms with Crippen LogP contribution in [-0.4, -0.2) is 55.9 Å². The second-order valence-electron chi connectivity index (χ2n) is 7.48. The number of hydrogen-bond donors (Lipinski definition) is 2. The maximum absolute atomic E-state index is 10.7. The quantitative estimate of drug-likeness (QED) is 0.409. The molecular formula is C22H25ClN6O4S. The smallest absolute Gasteiger partial charge is 0.239 e. The summed E-state index contributed by atoms with van der Waals surface area (Å²) in [5, 5.41) is 19.9. The van der Waals surface area contributed by atoms with E-state index in [1.165, 1.54) is 24.3 Å². The average molecular weight is 505 g/mol. The highest BCUT2D eigenvalue weighted by molar-refractivity contribution is 8.01. The SMILES string of the molecule is COc1cccc(O)c1-n1c(NSC(C)C(OC)c2ncc(Cl)cn2)nnc1C1C=COCC1. The lowest BCUT2D eigenvalue weighted by molar-refractivity contribution is 0.0972. The van der Waals surface area contributed by atoms with Crippen LogP contribution in [0.2, 0.25) is 5.02 Å². The topological polar surface area (TPSA) is 116 Å². The van der Waals surface area contributed by atoms with Crippen molar-refractivity contribution in [1.82, 2.24) is 24.7 Å². The Labute approximate surface area is 206 Å². The Hall–Kier alpha value is -3.02. The molecular weight excluding hydrogens is 480 g/mol. The molecule has 4 rings (SSSR count). The van der Waals surface area contributed by atoms with Crippen molar-refractivity contribution < 1.29 is 19.3 Å². The summed E-state index contributed by atoms with van der Waals surface area (Å²) >= 11 is 7.29. The molecule has 0 spiro atoms. The van der Waals surface area contributed by atoms with Crippen LogP contribution >= 0.6 is 23.5 Å². The Balaban J connectivity index is 1.66. The van der Waals surface area contributed by atoms with Crippen molar-refractivity contribution >= 4 is 29.5 Å². The molecule has 0 saturated heterocycles. The fourth-order valence-corrected chi connectivity index (χ4v) is 4.51. The van der Waals surface area contributed by atoms with Crippen molar-refractivity contribution in [3.8, 4) is 17.2 Å². The van der Waals surface area contributed by atoms with Gasteiger partial charge < -0.3 is 19.3 Å². The first kappa shape index (κ1) is 24.1. The number of rotatable bonds is 9. The van der Waals surface area contributed by atoms with Gasteiger partial charge >= 0.3 is 0 Å². The van der Waals surface area contributed by atoms with E-state index in [1.807, 2.05) is 13.0 Å². The number of benzene rings is 1. The van der Waals surface area contributed by atoms with Crippen LogP contribution in [0.3, 0.4) is 0 Å². The predicted octanol–water partition coefficient (Wildman–Crippen LogP) is 4.28. The standard InChI is InChI=1S/C22H25ClN6O4S/c1-13(19(32-3)20-24-11-15(23)12-25-20)34-28-22-27-26-21(14-7-9-33-10-8-14)29(22)18-16(30)5-4-6-17(18)31-2/h4-7,9,11-14,19,30H,8,10H2,1-3H3,(H,27,28). The Morgan fingerprint density at radius 1 is 1.26 bits per heavy atom. The monoisotopic (exact) mass is 504 g/mol. The third kappa shape index (κ3) is 5.06. The number of anilines is 1. The normalized spacial score (nSPS) is 17.1. The minimum absolute atomic E-state index is 0.0434. The van der Waals surface area contributed by atoms with E-state index in [0.29, 0.717) is 40.7 Å². The van der Waals surface area contributed by atoms with E-state index >= 15 is 0 Å². The molecule has 0 aliphatic carbocycles. The van der Waals surface area contributed by atoms with Gasteiger partial charge in [-0.15, -0.1) is 10.2 Å². The van der Waals surface area contributed by atoms with Crippen molar-refractivity contribution in [3.05, 3.63) is 59.6 Å². The Morgan fingerprint density at radius 2 is 2.06 bits per heavy atom. The molecule has 12 heteroatoms. The van der Waals surface area contributed by atoms with Gasteiger partial charge in [-0.05, 0) is 43.5 Å². The lowest BCUT2D eigenvalue weighted by Gasteiger charge is -2.22. The Morgan fingerprint density at radius 3 is 2.74 bits per heavy atom. The first-order valence-electron chi connectivity index (χ1n) is 10.5. The van der Waals surface area contributed by atoms with Gasteiger partial charge in [0, 0.05) is 25.4 Å². The highest BCUT2D eigenvalue weighted by Crippen LogP contribution is 2.38. The van der Waals surface area contributed by atoms with E-state index in [-0.39, 0.29) is 16.9 Å². The van der Waals surface area contributed by atoms with Gasteiger partial charge in [-0.1, -0.05) is 17.7 Å². The number of hydrogen-bond acceptors (Lipinski definition) is 10. The zero-order valence-corrected chi connectivity index (χ0v) is 20.5. The first-order chi connectivity index (χ1) is 16.5. The number of nitrogens with one attached hydrogen (secondary N) is 1. The van der Waals surface area contributed by atoms with Crippen LogP contribution in [-0.2, 0) is 9.47 Å². The number of phenols is 1. The van der Waals surface area contributed by atoms with Crippen molar-refractivity contribution in [1.29, 1.82) is 0 Å². The summed E-state index contributed by atoms with van der Waals surface area (Å²) in [5.74, 6) is 2.09. The molecule has 3 aromatic rings. The van der Waals surface area contributed by atoms with Gasteiger partial charge in [0.15, 0.2) is 5.82 Å². The third-order valence-electron chi connectivity index (χ3n) is 5.31. The van der Waals surface area contributed by atoms with Crippen molar-refractivity contribution in [2.45, 2.75) is 30.6 Å². The largest absolute Gasteiger partial charge is 0.506 e. The summed E-state index contributed by atoms with van der Waals surface area (Å²) in [5.41, 5.74) is 0.449. The Kier molecular flexibility index (Phi) is 7.76. The third-order valence-corrected chi connectivity index (χ3v) is 6.42. The van der Waals surface area contributed by atoms with Crippen molar-refractivity contribution in [2.24, 2.45) is 0 Å². The van der Waals surface area contributed by atoms with Crippen molar-refractivity contribution in [3.63, 3.8) is 0 Å². The molecule has 10 nitrogen and oxygen atoms in total. The van der Waals surface area contributed by atoms with E-state index < -0.39 is 6.10 Å². The van der Waals surface area contributed by atoms with Crippen molar-refractivity contribution in [2.75, 3.05) is 25.5 Å². The second kappa shape index (κ2) is 10.9. The van der Waals surface area contributed by atoms with Gasteiger partial charge in [0.05, 0.1) is 30.3 Å². The van der Waals surface area contributed by atoms with Gasteiger partial charge in [-0.2, -0.15) is 0 Å². The molecule has 2 aromatic heterocycles. The van der Waals surface area contributed by atoms with Crippen LogP contribution in [0.15, 0.2) is 42.9 Å². The van der Waals surface area contributed by atoms with E-state index in [2.05, 4.69) is 24.9 Å². The number of allylic oxidation sites excluding steroid dienone is 1. The minimum atomic E-state index is -0.399. The van der Waals surface area contributed by atoms with Crippen LogP contribution in [0.4, 0.5) is 5.95 Å². The molecule has 0 saturated carbocycles. The lowest BCUT2D eigenvalue weighted by Crippen LogP contribution is -2.19. The molecule has 180 valence electrons. The first-order valence-corrected chi connectivity index (χ1v) is 11.8. The molecule has 3 atom stereocenters. The second-order valence-corrected chi connectivity index (χ2v) is 9.10. The molecule has 2 N–H and O–H groups in total. The molecule has 0 fully saturated rings.